The number of sulfonamides is 1. The summed E-state index contributed by atoms with van der Waals surface area (Å²) in [6.45, 7) is 0.383. The maximum absolute atomic E-state index is 12.1. The summed E-state index contributed by atoms with van der Waals surface area (Å²) in [4.78, 5) is 1.14. The summed E-state index contributed by atoms with van der Waals surface area (Å²) in [6.07, 6.45) is 0. The minimum absolute atomic E-state index is 0.0809. The molecule has 7 heteroatoms. The Morgan fingerprint density at radius 1 is 1.20 bits per heavy atom. The van der Waals surface area contributed by atoms with Crippen LogP contribution in [0.3, 0.4) is 0 Å². The average Bonchev–Trinajstić information content (AvgIpc) is 2.97. The van der Waals surface area contributed by atoms with Gasteiger partial charge in [0.15, 0.2) is 0 Å². The summed E-state index contributed by atoms with van der Waals surface area (Å²) >= 11 is 1.50. The molecular formula is C13H15NO4S2. The minimum Gasteiger partial charge on any atom is -0.491 e. The molecule has 2 aromatic rings. The second-order valence-electron chi connectivity index (χ2n) is 3.95. The molecule has 0 fully saturated rings. The second kappa shape index (κ2) is 6.85. The number of aliphatic hydroxyl groups is 1. The first-order valence-electron chi connectivity index (χ1n) is 5.97. The molecule has 0 radical (unpaired) electrons. The predicted octanol–water partition coefficient (Wildman–Crippen LogP) is 1.60. The Labute approximate surface area is 121 Å². The summed E-state index contributed by atoms with van der Waals surface area (Å²) in [5.41, 5.74) is 0. The first kappa shape index (κ1) is 15.0. The van der Waals surface area contributed by atoms with Gasteiger partial charge in [-0.25, -0.2) is 13.1 Å². The highest BCUT2D eigenvalue weighted by Gasteiger charge is 2.13. The van der Waals surface area contributed by atoms with E-state index in [1.807, 2.05) is 17.5 Å². The fraction of sp³-hybridized carbons (Fsp3) is 0.231. The number of rotatable bonds is 7. The lowest BCUT2D eigenvalue weighted by molar-refractivity contribution is 0.201. The van der Waals surface area contributed by atoms with Crippen LogP contribution in [0.4, 0.5) is 0 Å². The van der Waals surface area contributed by atoms with E-state index in [9.17, 15) is 8.42 Å². The zero-order valence-corrected chi connectivity index (χ0v) is 12.3. The number of hydrogen-bond acceptors (Lipinski definition) is 5. The van der Waals surface area contributed by atoms with Crippen molar-refractivity contribution in [2.75, 3.05) is 13.2 Å². The van der Waals surface area contributed by atoms with Crippen molar-refractivity contribution in [2.45, 2.75) is 11.4 Å². The first-order valence-corrected chi connectivity index (χ1v) is 8.34. The highest BCUT2D eigenvalue weighted by Crippen LogP contribution is 2.16. The normalized spacial score (nSPS) is 11.4. The number of nitrogens with one attached hydrogen (secondary N) is 1. The molecule has 2 N–H and O–H groups in total. The van der Waals surface area contributed by atoms with Crippen molar-refractivity contribution in [3.05, 3.63) is 46.7 Å². The SMILES string of the molecule is O=S(=O)(NCc1cccs1)c1ccc(OCCO)cc1. The van der Waals surface area contributed by atoms with Crippen molar-refractivity contribution in [3.8, 4) is 5.75 Å². The van der Waals surface area contributed by atoms with Crippen LogP contribution in [0.15, 0.2) is 46.7 Å². The summed E-state index contributed by atoms with van der Waals surface area (Å²) in [6, 6.07) is 9.83. The number of thiophene rings is 1. The molecule has 0 spiro atoms. The lowest BCUT2D eigenvalue weighted by Gasteiger charge is -2.07. The molecule has 0 saturated heterocycles. The lowest BCUT2D eigenvalue weighted by Crippen LogP contribution is -2.22. The highest BCUT2D eigenvalue weighted by molar-refractivity contribution is 7.89. The zero-order valence-electron chi connectivity index (χ0n) is 10.7. The van der Waals surface area contributed by atoms with E-state index in [0.29, 0.717) is 5.75 Å². The van der Waals surface area contributed by atoms with Crippen LogP contribution in [-0.4, -0.2) is 26.7 Å². The van der Waals surface area contributed by atoms with E-state index in [1.54, 1.807) is 12.1 Å². The van der Waals surface area contributed by atoms with E-state index in [4.69, 9.17) is 9.84 Å². The van der Waals surface area contributed by atoms with Gasteiger partial charge in [-0.05, 0) is 35.7 Å². The minimum atomic E-state index is -3.52. The van der Waals surface area contributed by atoms with Crippen molar-refractivity contribution in [2.24, 2.45) is 0 Å². The standard InChI is InChI=1S/C13H15NO4S2/c15-7-8-18-11-3-5-13(6-4-11)20(16,17)14-10-12-2-1-9-19-12/h1-6,9,14-15H,7-8,10H2. The third-order valence-corrected chi connectivity index (χ3v) is 4.80. The van der Waals surface area contributed by atoms with Gasteiger partial charge in [0, 0.05) is 11.4 Å². The Kier molecular flexibility index (Phi) is 5.13. The Morgan fingerprint density at radius 2 is 1.95 bits per heavy atom. The van der Waals surface area contributed by atoms with Gasteiger partial charge in [-0.2, -0.15) is 0 Å². The summed E-state index contributed by atoms with van der Waals surface area (Å²) < 4.78 is 31.9. The Bertz CT molecular complexity index is 621. The van der Waals surface area contributed by atoms with Crippen molar-refractivity contribution in [3.63, 3.8) is 0 Å². The van der Waals surface area contributed by atoms with Crippen LogP contribution in [0.25, 0.3) is 0 Å². The zero-order chi connectivity index (χ0) is 14.4. The van der Waals surface area contributed by atoms with Crippen LogP contribution < -0.4 is 9.46 Å². The number of benzene rings is 1. The van der Waals surface area contributed by atoms with E-state index in [-0.39, 0.29) is 24.7 Å². The first-order chi connectivity index (χ1) is 9.62. The fourth-order valence-electron chi connectivity index (χ4n) is 1.54. The Morgan fingerprint density at radius 3 is 2.55 bits per heavy atom. The van der Waals surface area contributed by atoms with Crippen LogP contribution in [0.2, 0.25) is 0 Å². The van der Waals surface area contributed by atoms with E-state index < -0.39 is 10.0 Å². The van der Waals surface area contributed by atoms with Crippen LogP contribution >= 0.6 is 11.3 Å². The van der Waals surface area contributed by atoms with Gasteiger partial charge in [-0.15, -0.1) is 11.3 Å². The van der Waals surface area contributed by atoms with Crippen LogP contribution in [0.1, 0.15) is 4.88 Å². The summed E-state index contributed by atoms with van der Waals surface area (Å²) in [7, 11) is -3.52. The van der Waals surface area contributed by atoms with E-state index in [0.717, 1.165) is 4.88 Å². The molecule has 0 amide bonds. The molecule has 0 atom stereocenters. The van der Waals surface area contributed by atoms with Gasteiger partial charge < -0.3 is 9.84 Å². The Hall–Kier alpha value is -1.41. The molecule has 0 aliphatic carbocycles. The van der Waals surface area contributed by atoms with Crippen molar-refractivity contribution in [1.82, 2.24) is 4.72 Å². The molecule has 0 saturated carbocycles. The molecule has 1 heterocycles. The molecule has 20 heavy (non-hydrogen) atoms. The highest BCUT2D eigenvalue weighted by atomic mass is 32.2. The fourth-order valence-corrected chi connectivity index (χ4v) is 3.28. The summed E-state index contributed by atoms with van der Waals surface area (Å²) in [5.74, 6) is 0.524. The molecule has 0 bridgehead atoms. The van der Waals surface area contributed by atoms with Gasteiger partial charge in [-0.3, -0.25) is 0 Å². The van der Waals surface area contributed by atoms with Crippen molar-refractivity contribution < 1.29 is 18.3 Å². The van der Waals surface area contributed by atoms with Crippen LogP contribution in [-0.2, 0) is 16.6 Å². The van der Waals surface area contributed by atoms with Gasteiger partial charge in [0.25, 0.3) is 0 Å². The molecule has 0 aliphatic rings. The molecule has 1 aromatic carbocycles. The number of aliphatic hydroxyl groups excluding tert-OH is 1. The third-order valence-electron chi connectivity index (χ3n) is 2.51. The molecule has 2 rings (SSSR count). The molecule has 108 valence electrons. The van der Waals surface area contributed by atoms with Gasteiger partial charge in [0.05, 0.1) is 11.5 Å². The molecule has 0 unspecified atom stereocenters. The van der Waals surface area contributed by atoms with Crippen LogP contribution in [0.5, 0.6) is 5.75 Å². The number of ether oxygens (including phenoxy) is 1. The van der Waals surface area contributed by atoms with E-state index in [2.05, 4.69) is 4.72 Å². The van der Waals surface area contributed by atoms with E-state index in [1.165, 1.54) is 23.5 Å². The van der Waals surface area contributed by atoms with Gasteiger partial charge >= 0.3 is 0 Å². The van der Waals surface area contributed by atoms with Crippen LogP contribution in [0, 0.1) is 0 Å². The van der Waals surface area contributed by atoms with Gasteiger partial charge in [0.2, 0.25) is 10.0 Å². The smallest absolute Gasteiger partial charge is 0.240 e. The van der Waals surface area contributed by atoms with Crippen molar-refractivity contribution >= 4 is 21.4 Å². The number of hydrogen-bond donors (Lipinski definition) is 2. The topological polar surface area (TPSA) is 75.6 Å². The largest absolute Gasteiger partial charge is 0.491 e. The average molecular weight is 313 g/mol. The quantitative estimate of drug-likeness (QED) is 0.814. The van der Waals surface area contributed by atoms with Crippen molar-refractivity contribution in [1.29, 1.82) is 0 Å². The summed E-state index contributed by atoms with van der Waals surface area (Å²) in [5, 5.41) is 10.5. The molecular weight excluding hydrogens is 298 g/mol. The Balaban J connectivity index is 2.01. The molecule has 0 aliphatic heterocycles. The maximum atomic E-state index is 12.1. The van der Waals surface area contributed by atoms with Gasteiger partial charge in [-0.1, -0.05) is 6.07 Å². The lowest BCUT2D eigenvalue weighted by atomic mass is 10.3. The predicted molar refractivity (Wildman–Crippen MR) is 77.4 cm³/mol. The monoisotopic (exact) mass is 313 g/mol. The second-order valence-corrected chi connectivity index (χ2v) is 6.75. The molecule has 5 nitrogen and oxygen atoms in total. The maximum Gasteiger partial charge on any atom is 0.240 e. The van der Waals surface area contributed by atoms with Gasteiger partial charge in [0.1, 0.15) is 12.4 Å². The van der Waals surface area contributed by atoms with E-state index >= 15 is 0 Å². The third kappa shape index (κ3) is 4.04. The molecule has 1 aromatic heterocycles.